The first kappa shape index (κ1) is 21.7. The van der Waals surface area contributed by atoms with Crippen molar-refractivity contribution in [3.63, 3.8) is 0 Å². The topological polar surface area (TPSA) is 23.6 Å². The van der Waals surface area contributed by atoms with Gasteiger partial charge in [0.25, 0.3) is 0 Å². The molecule has 1 heterocycles. The summed E-state index contributed by atoms with van der Waals surface area (Å²) < 4.78 is 0. The Kier molecular flexibility index (Phi) is 8.62. The van der Waals surface area contributed by atoms with Crippen LogP contribution in [0.3, 0.4) is 0 Å². The molecule has 1 amide bonds. The van der Waals surface area contributed by atoms with Crippen molar-refractivity contribution in [2.24, 2.45) is 0 Å². The van der Waals surface area contributed by atoms with Crippen LogP contribution in [-0.2, 0) is 11.2 Å². The predicted octanol–water partition coefficient (Wildman–Crippen LogP) is 5.15. The molecule has 1 unspecified atom stereocenters. The maximum atomic E-state index is 13.0. The number of carbonyl (C=O) groups is 1. The van der Waals surface area contributed by atoms with Crippen molar-refractivity contribution in [3.05, 3.63) is 70.3 Å². The van der Waals surface area contributed by atoms with Gasteiger partial charge in [-0.05, 0) is 56.1 Å². The Morgan fingerprint density at radius 1 is 1.30 bits per heavy atom. The highest BCUT2D eigenvalue weighted by atomic mass is 35.5. The van der Waals surface area contributed by atoms with Crippen LogP contribution < -0.4 is 0 Å². The van der Waals surface area contributed by atoms with Crippen LogP contribution >= 0.6 is 23.2 Å². The second kappa shape index (κ2) is 10.7. The second-order valence-corrected chi connectivity index (χ2v) is 7.67. The van der Waals surface area contributed by atoms with E-state index in [-0.39, 0.29) is 11.9 Å². The van der Waals surface area contributed by atoms with E-state index >= 15 is 0 Å². The molecule has 1 atom stereocenters. The highest BCUT2D eigenvalue weighted by Crippen LogP contribution is 2.24. The van der Waals surface area contributed by atoms with Gasteiger partial charge in [-0.25, -0.2) is 0 Å². The third-order valence-electron chi connectivity index (χ3n) is 4.88. The summed E-state index contributed by atoms with van der Waals surface area (Å²) >= 11 is 12.1. The minimum Gasteiger partial charge on any atom is -0.337 e. The zero-order chi connectivity index (χ0) is 19.8. The molecule has 0 aromatic heterocycles. The lowest BCUT2D eigenvalue weighted by molar-refractivity contribution is -0.130. The number of likely N-dealkylation sites (N-methyl/N-ethyl adjacent to an activating group) is 1. The fraction of sp³-hybridized carbons (Fsp3) is 0.409. The molecule has 0 saturated carbocycles. The van der Waals surface area contributed by atoms with Gasteiger partial charge in [0.05, 0.1) is 22.5 Å². The van der Waals surface area contributed by atoms with Gasteiger partial charge < -0.3 is 9.80 Å². The molecule has 5 heteroatoms. The lowest BCUT2D eigenvalue weighted by Gasteiger charge is -2.33. The van der Waals surface area contributed by atoms with Crippen molar-refractivity contribution in [3.8, 4) is 0 Å². The molecule has 2 rings (SSSR count). The van der Waals surface area contributed by atoms with Gasteiger partial charge in [-0.2, -0.15) is 0 Å². The minimum atomic E-state index is -0.0208. The summed E-state index contributed by atoms with van der Waals surface area (Å²) in [5.74, 6) is 0.0528. The van der Waals surface area contributed by atoms with Gasteiger partial charge in [-0.3, -0.25) is 4.79 Å². The van der Waals surface area contributed by atoms with E-state index in [1.54, 1.807) is 18.2 Å². The molecule has 1 saturated heterocycles. The number of hydrogen-bond donors (Lipinski definition) is 0. The number of benzene rings is 1. The standard InChI is InChI=1S/C22H28Cl2N2O/c1-4-8-18(9-5-2)21(16-26-12-6-7-13-26)25(3)22(27)15-17-10-11-19(23)20(24)14-17/h4-5,8-11,14,21H,1,6-7,12-13,15-16H2,2-3H3/b9-5-,18-8+. The number of amides is 1. The van der Waals surface area contributed by atoms with Gasteiger partial charge in [0.15, 0.2) is 0 Å². The Bertz CT molecular complexity index is 721. The molecule has 0 bridgehead atoms. The first-order valence-electron chi connectivity index (χ1n) is 9.33. The Hall–Kier alpha value is -1.55. The number of allylic oxidation sites excluding steroid dienone is 3. The van der Waals surface area contributed by atoms with E-state index in [9.17, 15) is 4.79 Å². The Labute approximate surface area is 172 Å². The average molecular weight is 407 g/mol. The summed E-state index contributed by atoms with van der Waals surface area (Å²) in [5.41, 5.74) is 1.95. The highest BCUT2D eigenvalue weighted by molar-refractivity contribution is 6.42. The summed E-state index contributed by atoms with van der Waals surface area (Å²) in [6.07, 6.45) is 10.6. The first-order chi connectivity index (χ1) is 13.0. The minimum absolute atomic E-state index is 0.0208. The Morgan fingerprint density at radius 3 is 2.59 bits per heavy atom. The zero-order valence-electron chi connectivity index (χ0n) is 16.1. The third kappa shape index (κ3) is 6.24. The third-order valence-corrected chi connectivity index (χ3v) is 5.62. The summed E-state index contributed by atoms with van der Waals surface area (Å²) in [4.78, 5) is 17.3. The number of carbonyl (C=O) groups excluding carboxylic acids is 1. The Balaban J connectivity index is 2.20. The summed E-state index contributed by atoms with van der Waals surface area (Å²) in [7, 11) is 1.88. The largest absolute Gasteiger partial charge is 0.337 e. The van der Waals surface area contributed by atoms with Crippen LogP contribution in [0.4, 0.5) is 0 Å². The first-order valence-corrected chi connectivity index (χ1v) is 10.1. The molecule has 0 N–H and O–H groups in total. The molecule has 146 valence electrons. The van der Waals surface area contributed by atoms with E-state index in [1.165, 1.54) is 12.8 Å². The van der Waals surface area contributed by atoms with Gasteiger partial charge in [0.1, 0.15) is 0 Å². The lowest BCUT2D eigenvalue weighted by atomic mass is 10.0. The van der Waals surface area contributed by atoms with Gasteiger partial charge in [-0.1, -0.05) is 60.2 Å². The summed E-state index contributed by atoms with van der Waals surface area (Å²) in [6, 6.07) is 5.32. The van der Waals surface area contributed by atoms with Crippen LogP contribution in [-0.4, -0.2) is 48.4 Å². The van der Waals surface area contributed by atoms with Gasteiger partial charge in [0.2, 0.25) is 5.91 Å². The average Bonchev–Trinajstić information content (AvgIpc) is 3.15. The zero-order valence-corrected chi connectivity index (χ0v) is 17.6. The number of hydrogen-bond acceptors (Lipinski definition) is 2. The summed E-state index contributed by atoms with van der Waals surface area (Å²) in [5, 5.41) is 0.969. The van der Waals surface area contributed by atoms with E-state index in [1.807, 2.05) is 37.1 Å². The molecule has 1 aliphatic rings. The molecule has 27 heavy (non-hydrogen) atoms. The van der Waals surface area contributed by atoms with Gasteiger partial charge in [-0.15, -0.1) is 0 Å². The summed E-state index contributed by atoms with van der Waals surface area (Å²) in [6.45, 7) is 8.82. The van der Waals surface area contributed by atoms with Crippen LogP contribution in [0.1, 0.15) is 25.3 Å². The molecule has 1 fully saturated rings. The van der Waals surface area contributed by atoms with E-state index in [0.717, 1.165) is 30.8 Å². The van der Waals surface area contributed by atoms with Crippen molar-refractivity contribution in [2.75, 3.05) is 26.7 Å². The number of rotatable bonds is 8. The van der Waals surface area contributed by atoms with Crippen molar-refractivity contribution in [1.82, 2.24) is 9.80 Å². The molecule has 0 aliphatic carbocycles. The number of nitrogens with zero attached hydrogens (tertiary/aromatic N) is 2. The maximum Gasteiger partial charge on any atom is 0.227 e. The lowest BCUT2D eigenvalue weighted by Crippen LogP contribution is -2.45. The maximum absolute atomic E-state index is 13.0. The molecule has 1 aromatic rings. The van der Waals surface area contributed by atoms with Crippen LogP contribution in [0.25, 0.3) is 0 Å². The van der Waals surface area contributed by atoms with Crippen LogP contribution in [0.5, 0.6) is 0 Å². The van der Waals surface area contributed by atoms with Crippen LogP contribution in [0, 0.1) is 0 Å². The normalized spacial score (nSPS) is 16.7. The molecular formula is C22H28Cl2N2O. The van der Waals surface area contributed by atoms with Crippen molar-refractivity contribution >= 4 is 29.1 Å². The number of likely N-dealkylation sites (tertiary alicyclic amines) is 1. The van der Waals surface area contributed by atoms with E-state index in [0.29, 0.717) is 16.5 Å². The predicted molar refractivity (Wildman–Crippen MR) is 115 cm³/mol. The van der Waals surface area contributed by atoms with E-state index < -0.39 is 0 Å². The molecule has 0 spiro atoms. The molecule has 1 aromatic carbocycles. The van der Waals surface area contributed by atoms with Crippen molar-refractivity contribution < 1.29 is 4.79 Å². The number of halogens is 2. The molecule has 1 aliphatic heterocycles. The fourth-order valence-corrected chi connectivity index (χ4v) is 3.71. The highest BCUT2D eigenvalue weighted by Gasteiger charge is 2.26. The smallest absolute Gasteiger partial charge is 0.227 e. The van der Waals surface area contributed by atoms with E-state index in [2.05, 4.69) is 17.6 Å². The Morgan fingerprint density at radius 2 is 2.00 bits per heavy atom. The molecule has 3 nitrogen and oxygen atoms in total. The van der Waals surface area contributed by atoms with Crippen molar-refractivity contribution in [2.45, 2.75) is 32.2 Å². The van der Waals surface area contributed by atoms with Gasteiger partial charge in [0, 0.05) is 13.6 Å². The molecular weight excluding hydrogens is 379 g/mol. The fourth-order valence-electron chi connectivity index (χ4n) is 3.39. The van der Waals surface area contributed by atoms with Crippen molar-refractivity contribution in [1.29, 1.82) is 0 Å². The van der Waals surface area contributed by atoms with Gasteiger partial charge >= 0.3 is 0 Å². The van der Waals surface area contributed by atoms with Crippen LogP contribution in [0.2, 0.25) is 10.0 Å². The second-order valence-electron chi connectivity index (χ2n) is 6.86. The monoisotopic (exact) mass is 406 g/mol. The van der Waals surface area contributed by atoms with E-state index in [4.69, 9.17) is 23.2 Å². The molecule has 0 radical (unpaired) electrons. The SMILES string of the molecule is C=C/C=C(\C=C/C)C(CN1CCCC1)N(C)C(=O)Cc1ccc(Cl)c(Cl)c1. The quantitative estimate of drug-likeness (QED) is 0.557. The van der Waals surface area contributed by atoms with Crippen LogP contribution in [0.15, 0.2) is 54.7 Å².